The normalized spacial score (nSPS) is 14.3. The molecule has 0 saturated heterocycles. The summed E-state index contributed by atoms with van der Waals surface area (Å²) in [4.78, 5) is 11.6. The maximum atomic E-state index is 11.6. The van der Waals surface area contributed by atoms with Gasteiger partial charge in [-0.2, -0.15) is 0 Å². The van der Waals surface area contributed by atoms with Crippen LogP contribution in [0.15, 0.2) is 30.3 Å². The molecule has 1 aromatic rings. The highest BCUT2D eigenvalue weighted by atomic mass is 16.5. The van der Waals surface area contributed by atoms with E-state index in [9.17, 15) is 4.79 Å². The van der Waals surface area contributed by atoms with E-state index < -0.39 is 6.04 Å². The minimum Gasteiger partial charge on any atom is -0.461 e. The summed E-state index contributed by atoms with van der Waals surface area (Å²) >= 11 is 0. The number of benzene rings is 1. The average molecular weight is 207 g/mol. The first-order valence-electron chi connectivity index (χ1n) is 5.16. The van der Waals surface area contributed by atoms with Gasteiger partial charge in [0, 0.05) is 0 Å². The predicted molar refractivity (Wildman–Crippen MR) is 59.2 cm³/mol. The minimum absolute atomic E-state index is 0.0766. The van der Waals surface area contributed by atoms with Crippen molar-refractivity contribution in [3.8, 4) is 0 Å². The molecule has 1 rings (SSSR count). The first-order valence-corrected chi connectivity index (χ1v) is 5.16. The van der Waals surface area contributed by atoms with Crippen LogP contribution >= 0.6 is 0 Å². The van der Waals surface area contributed by atoms with Gasteiger partial charge in [0.1, 0.15) is 6.04 Å². The number of rotatable bonds is 4. The third-order valence-corrected chi connectivity index (χ3v) is 2.30. The van der Waals surface area contributed by atoms with E-state index in [0.717, 1.165) is 12.0 Å². The number of ether oxygens (including phenoxy) is 1. The second-order valence-corrected chi connectivity index (χ2v) is 3.54. The van der Waals surface area contributed by atoms with Crippen LogP contribution in [0.25, 0.3) is 0 Å². The molecule has 0 aliphatic carbocycles. The van der Waals surface area contributed by atoms with Crippen molar-refractivity contribution in [2.24, 2.45) is 5.73 Å². The first kappa shape index (κ1) is 11.7. The summed E-state index contributed by atoms with van der Waals surface area (Å²) in [5.41, 5.74) is 6.55. The number of nitrogens with two attached hydrogens (primary N) is 1. The standard InChI is InChI=1S/C12H17NO2/c1-3-9(2)15-12(14)11(13)10-7-5-4-6-8-10/h4-9,11H,3,13H2,1-2H3. The highest BCUT2D eigenvalue weighted by Crippen LogP contribution is 2.12. The minimum atomic E-state index is -0.680. The number of esters is 1. The van der Waals surface area contributed by atoms with Gasteiger partial charge in [-0.25, -0.2) is 4.79 Å². The van der Waals surface area contributed by atoms with E-state index in [1.807, 2.05) is 44.2 Å². The Balaban J connectivity index is 2.61. The maximum absolute atomic E-state index is 11.6. The zero-order valence-electron chi connectivity index (χ0n) is 9.14. The van der Waals surface area contributed by atoms with Gasteiger partial charge >= 0.3 is 5.97 Å². The van der Waals surface area contributed by atoms with Crippen molar-refractivity contribution in [3.63, 3.8) is 0 Å². The molecule has 82 valence electrons. The molecule has 0 fully saturated rings. The van der Waals surface area contributed by atoms with Gasteiger partial charge in [0.2, 0.25) is 0 Å². The van der Waals surface area contributed by atoms with Crippen molar-refractivity contribution in [3.05, 3.63) is 35.9 Å². The molecule has 2 atom stereocenters. The molecule has 2 N–H and O–H groups in total. The van der Waals surface area contributed by atoms with E-state index in [0.29, 0.717) is 0 Å². The molecule has 0 aliphatic heterocycles. The molecule has 0 amide bonds. The summed E-state index contributed by atoms with van der Waals surface area (Å²) in [5, 5.41) is 0. The Morgan fingerprint density at radius 2 is 2.00 bits per heavy atom. The molecular weight excluding hydrogens is 190 g/mol. The molecule has 2 unspecified atom stereocenters. The van der Waals surface area contributed by atoms with Gasteiger partial charge in [0.05, 0.1) is 6.10 Å². The Hall–Kier alpha value is -1.35. The summed E-state index contributed by atoms with van der Waals surface area (Å²) in [5.74, 6) is -0.365. The second-order valence-electron chi connectivity index (χ2n) is 3.54. The number of hydrogen-bond donors (Lipinski definition) is 1. The summed E-state index contributed by atoms with van der Waals surface area (Å²) in [6.45, 7) is 3.82. The third-order valence-electron chi connectivity index (χ3n) is 2.30. The summed E-state index contributed by atoms with van der Waals surface area (Å²) in [7, 11) is 0. The van der Waals surface area contributed by atoms with Gasteiger partial charge in [-0.3, -0.25) is 0 Å². The van der Waals surface area contributed by atoms with Gasteiger partial charge in [-0.15, -0.1) is 0 Å². The highest BCUT2D eigenvalue weighted by molar-refractivity contribution is 5.77. The van der Waals surface area contributed by atoms with Crippen molar-refractivity contribution in [1.29, 1.82) is 0 Å². The Morgan fingerprint density at radius 3 is 2.53 bits per heavy atom. The van der Waals surface area contributed by atoms with Crippen molar-refractivity contribution < 1.29 is 9.53 Å². The zero-order chi connectivity index (χ0) is 11.3. The lowest BCUT2D eigenvalue weighted by Crippen LogP contribution is -2.26. The summed E-state index contributed by atoms with van der Waals surface area (Å²) < 4.78 is 5.15. The fraction of sp³-hybridized carbons (Fsp3) is 0.417. The summed E-state index contributed by atoms with van der Waals surface area (Å²) in [6, 6.07) is 8.55. The zero-order valence-corrected chi connectivity index (χ0v) is 9.14. The molecular formula is C12H17NO2. The Kier molecular flexibility index (Phi) is 4.31. The maximum Gasteiger partial charge on any atom is 0.327 e. The predicted octanol–water partition coefficient (Wildman–Crippen LogP) is 2.03. The van der Waals surface area contributed by atoms with Crippen LogP contribution in [0.3, 0.4) is 0 Å². The topological polar surface area (TPSA) is 52.3 Å². The molecule has 0 radical (unpaired) electrons. The molecule has 0 spiro atoms. The molecule has 3 nitrogen and oxygen atoms in total. The van der Waals surface area contributed by atoms with Crippen LogP contribution in [-0.2, 0) is 9.53 Å². The fourth-order valence-electron chi connectivity index (χ4n) is 1.15. The van der Waals surface area contributed by atoms with Crippen LogP contribution in [0.5, 0.6) is 0 Å². The van der Waals surface area contributed by atoms with Crippen LogP contribution in [0.2, 0.25) is 0 Å². The third kappa shape index (κ3) is 3.36. The molecule has 1 aromatic carbocycles. The largest absolute Gasteiger partial charge is 0.461 e. The van der Waals surface area contributed by atoms with E-state index >= 15 is 0 Å². The van der Waals surface area contributed by atoms with Crippen LogP contribution in [-0.4, -0.2) is 12.1 Å². The van der Waals surface area contributed by atoms with Crippen LogP contribution < -0.4 is 5.73 Å². The van der Waals surface area contributed by atoms with E-state index in [-0.39, 0.29) is 12.1 Å². The van der Waals surface area contributed by atoms with E-state index in [1.165, 1.54) is 0 Å². The molecule has 0 aromatic heterocycles. The second kappa shape index (κ2) is 5.51. The molecule has 0 saturated carbocycles. The van der Waals surface area contributed by atoms with Gasteiger partial charge in [0.15, 0.2) is 0 Å². The van der Waals surface area contributed by atoms with Gasteiger partial charge < -0.3 is 10.5 Å². The van der Waals surface area contributed by atoms with Crippen molar-refractivity contribution in [1.82, 2.24) is 0 Å². The van der Waals surface area contributed by atoms with Crippen LogP contribution in [0, 0.1) is 0 Å². The number of hydrogen-bond acceptors (Lipinski definition) is 3. The van der Waals surface area contributed by atoms with Gasteiger partial charge in [-0.05, 0) is 18.9 Å². The van der Waals surface area contributed by atoms with Gasteiger partial charge in [-0.1, -0.05) is 37.3 Å². The van der Waals surface area contributed by atoms with Crippen LogP contribution in [0.4, 0.5) is 0 Å². The first-order chi connectivity index (χ1) is 7.15. The quantitative estimate of drug-likeness (QED) is 0.768. The number of carbonyl (C=O) groups is 1. The lowest BCUT2D eigenvalue weighted by atomic mass is 10.1. The van der Waals surface area contributed by atoms with Gasteiger partial charge in [0.25, 0.3) is 0 Å². The molecule has 0 aliphatic rings. The van der Waals surface area contributed by atoms with E-state index in [1.54, 1.807) is 0 Å². The smallest absolute Gasteiger partial charge is 0.327 e. The van der Waals surface area contributed by atoms with Crippen molar-refractivity contribution in [2.75, 3.05) is 0 Å². The SMILES string of the molecule is CCC(C)OC(=O)C(N)c1ccccc1. The Bertz CT molecular complexity index is 311. The molecule has 0 heterocycles. The summed E-state index contributed by atoms with van der Waals surface area (Å²) in [6.07, 6.45) is 0.722. The lowest BCUT2D eigenvalue weighted by molar-refractivity contribution is -0.150. The van der Waals surface area contributed by atoms with E-state index in [2.05, 4.69) is 0 Å². The average Bonchev–Trinajstić information content (AvgIpc) is 2.29. The fourth-order valence-corrected chi connectivity index (χ4v) is 1.15. The number of carbonyl (C=O) groups excluding carboxylic acids is 1. The van der Waals surface area contributed by atoms with Crippen LogP contribution in [0.1, 0.15) is 31.9 Å². The van der Waals surface area contributed by atoms with E-state index in [4.69, 9.17) is 10.5 Å². The highest BCUT2D eigenvalue weighted by Gasteiger charge is 2.18. The Labute approximate surface area is 90.2 Å². The molecule has 15 heavy (non-hydrogen) atoms. The Morgan fingerprint density at radius 1 is 1.40 bits per heavy atom. The lowest BCUT2D eigenvalue weighted by Gasteiger charge is -2.15. The molecule has 0 bridgehead atoms. The monoisotopic (exact) mass is 207 g/mol. The van der Waals surface area contributed by atoms with Crippen molar-refractivity contribution >= 4 is 5.97 Å². The van der Waals surface area contributed by atoms with Crippen molar-refractivity contribution in [2.45, 2.75) is 32.4 Å². The molecule has 3 heteroatoms.